The van der Waals surface area contributed by atoms with E-state index in [9.17, 15) is 5.11 Å². The fourth-order valence-electron chi connectivity index (χ4n) is 1.89. The standard InChI is InChI=1S/C13H18ClNO2/c1-17-13-5-4-11(14)6-10(13)7-15-8-12(16)9-2-3-9/h4-6,9,12,15-16H,2-3,7-8H2,1H3. The molecule has 4 heteroatoms. The summed E-state index contributed by atoms with van der Waals surface area (Å²) in [4.78, 5) is 0. The van der Waals surface area contributed by atoms with Gasteiger partial charge in [-0.2, -0.15) is 0 Å². The van der Waals surface area contributed by atoms with Crippen LogP contribution < -0.4 is 10.1 Å². The van der Waals surface area contributed by atoms with Gasteiger partial charge in [-0.3, -0.25) is 0 Å². The predicted octanol–water partition coefficient (Wildman–Crippen LogP) is 2.21. The highest BCUT2D eigenvalue weighted by Crippen LogP contribution is 2.32. The molecule has 0 saturated heterocycles. The summed E-state index contributed by atoms with van der Waals surface area (Å²) in [5.41, 5.74) is 1.02. The predicted molar refractivity (Wildman–Crippen MR) is 68.4 cm³/mol. The molecule has 1 aromatic rings. The molecule has 0 amide bonds. The van der Waals surface area contributed by atoms with Crippen LogP contribution >= 0.6 is 11.6 Å². The van der Waals surface area contributed by atoms with Gasteiger partial charge in [-0.05, 0) is 37.0 Å². The van der Waals surface area contributed by atoms with Gasteiger partial charge in [0, 0.05) is 23.7 Å². The van der Waals surface area contributed by atoms with Gasteiger partial charge in [0.15, 0.2) is 0 Å². The van der Waals surface area contributed by atoms with Crippen LogP contribution in [0.5, 0.6) is 5.75 Å². The van der Waals surface area contributed by atoms with Crippen molar-refractivity contribution in [2.75, 3.05) is 13.7 Å². The first-order valence-electron chi connectivity index (χ1n) is 5.92. The summed E-state index contributed by atoms with van der Waals surface area (Å²) >= 11 is 5.94. The smallest absolute Gasteiger partial charge is 0.123 e. The summed E-state index contributed by atoms with van der Waals surface area (Å²) in [5.74, 6) is 1.33. The Balaban J connectivity index is 1.86. The van der Waals surface area contributed by atoms with E-state index in [-0.39, 0.29) is 6.10 Å². The molecule has 0 aliphatic heterocycles. The number of hydrogen-bond donors (Lipinski definition) is 2. The molecule has 0 spiro atoms. The van der Waals surface area contributed by atoms with Gasteiger partial charge in [-0.1, -0.05) is 11.6 Å². The number of hydrogen-bond acceptors (Lipinski definition) is 3. The van der Waals surface area contributed by atoms with Crippen molar-refractivity contribution in [3.63, 3.8) is 0 Å². The van der Waals surface area contributed by atoms with Crippen LogP contribution in [0.1, 0.15) is 18.4 Å². The second-order valence-corrected chi connectivity index (χ2v) is 4.93. The van der Waals surface area contributed by atoms with Crippen molar-refractivity contribution in [3.8, 4) is 5.75 Å². The number of aliphatic hydroxyl groups excluding tert-OH is 1. The van der Waals surface area contributed by atoms with E-state index in [0.29, 0.717) is 24.0 Å². The molecule has 1 fully saturated rings. The number of methoxy groups -OCH3 is 1. The lowest BCUT2D eigenvalue weighted by Gasteiger charge is -2.13. The van der Waals surface area contributed by atoms with Gasteiger partial charge in [0.25, 0.3) is 0 Å². The van der Waals surface area contributed by atoms with Gasteiger partial charge in [0.2, 0.25) is 0 Å². The zero-order valence-corrected chi connectivity index (χ0v) is 10.7. The molecular formula is C13H18ClNO2. The van der Waals surface area contributed by atoms with Gasteiger partial charge < -0.3 is 15.2 Å². The first-order valence-corrected chi connectivity index (χ1v) is 6.29. The Morgan fingerprint density at radius 2 is 2.29 bits per heavy atom. The number of halogens is 1. The van der Waals surface area contributed by atoms with E-state index in [2.05, 4.69) is 5.32 Å². The topological polar surface area (TPSA) is 41.5 Å². The molecule has 1 aliphatic rings. The molecule has 1 atom stereocenters. The van der Waals surface area contributed by atoms with E-state index in [1.807, 2.05) is 18.2 Å². The molecule has 0 heterocycles. The van der Waals surface area contributed by atoms with Crippen molar-refractivity contribution in [2.24, 2.45) is 5.92 Å². The second-order valence-electron chi connectivity index (χ2n) is 4.49. The first-order chi connectivity index (χ1) is 8.20. The second kappa shape index (κ2) is 5.71. The molecule has 1 aliphatic carbocycles. The Kier molecular flexibility index (Phi) is 4.26. The van der Waals surface area contributed by atoms with Crippen LogP contribution in [-0.4, -0.2) is 24.9 Å². The number of ether oxygens (including phenoxy) is 1. The normalized spacial score (nSPS) is 16.9. The number of benzene rings is 1. The molecule has 1 aromatic carbocycles. The Morgan fingerprint density at radius 1 is 1.53 bits per heavy atom. The fourth-order valence-corrected chi connectivity index (χ4v) is 2.08. The molecule has 1 saturated carbocycles. The molecule has 3 nitrogen and oxygen atoms in total. The molecule has 0 aromatic heterocycles. The number of nitrogens with one attached hydrogen (secondary N) is 1. The van der Waals surface area contributed by atoms with Crippen LogP contribution in [0.3, 0.4) is 0 Å². The lowest BCUT2D eigenvalue weighted by atomic mass is 10.2. The molecule has 0 bridgehead atoms. The van der Waals surface area contributed by atoms with Gasteiger partial charge >= 0.3 is 0 Å². The lowest BCUT2D eigenvalue weighted by Crippen LogP contribution is -2.27. The third kappa shape index (κ3) is 3.60. The summed E-state index contributed by atoms with van der Waals surface area (Å²) in [5, 5.41) is 13.7. The molecule has 94 valence electrons. The van der Waals surface area contributed by atoms with E-state index in [4.69, 9.17) is 16.3 Å². The molecule has 0 radical (unpaired) electrons. The van der Waals surface area contributed by atoms with Crippen LogP contribution in [-0.2, 0) is 6.54 Å². The van der Waals surface area contributed by atoms with Crippen LogP contribution in [0.15, 0.2) is 18.2 Å². The summed E-state index contributed by atoms with van der Waals surface area (Å²) in [6, 6.07) is 5.55. The van der Waals surface area contributed by atoms with E-state index >= 15 is 0 Å². The van der Waals surface area contributed by atoms with Gasteiger partial charge in [-0.15, -0.1) is 0 Å². The zero-order chi connectivity index (χ0) is 12.3. The van der Waals surface area contributed by atoms with Gasteiger partial charge in [-0.25, -0.2) is 0 Å². The van der Waals surface area contributed by atoms with Crippen molar-refractivity contribution in [3.05, 3.63) is 28.8 Å². The van der Waals surface area contributed by atoms with E-state index in [0.717, 1.165) is 24.2 Å². The van der Waals surface area contributed by atoms with E-state index in [1.165, 1.54) is 0 Å². The third-order valence-electron chi connectivity index (χ3n) is 3.08. The van der Waals surface area contributed by atoms with Crippen LogP contribution in [0.25, 0.3) is 0 Å². The number of rotatable bonds is 6. The molecule has 2 N–H and O–H groups in total. The largest absolute Gasteiger partial charge is 0.496 e. The summed E-state index contributed by atoms with van der Waals surface area (Å²) in [6.07, 6.45) is 2.09. The zero-order valence-electron chi connectivity index (χ0n) is 9.95. The van der Waals surface area contributed by atoms with Gasteiger partial charge in [0.05, 0.1) is 13.2 Å². The van der Waals surface area contributed by atoms with E-state index in [1.54, 1.807) is 7.11 Å². The average molecular weight is 256 g/mol. The SMILES string of the molecule is COc1ccc(Cl)cc1CNCC(O)C1CC1. The maximum atomic E-state index is 9.73. The molecule has 2 rings (SSSR count). The minimum atomic E-state index is -0.222. The quantitative estimate of drug-likeness (QED) is 0.819. The minimum absolute atomic E-state index is 0.222. The van der Waals surface area contributed by atoms with Crippen molar-refractivity contribution >= 4 is 11.6 Å². The molecular weight excluding hydrogens is 238 g/mol. The molecule has 1 unspecified atom stereocenters. The maximum Gasteiger partial charge on any atom is 0.123 e. The highest BCUT2D eigenvalue weighted by Gasteiger charge is 2.29. The Morgan fingerprint density at radius 3 is 2.94 bits per heavy atom. The third-order valence-corrected chi connectivity index (χ3v) is 3.31. The average Bonchev–Trinajstić information content (AvgIpc) is 3.13. The van der Waals surface area contributed by atoms with Crippen molar-refractivity contribution in [1.29, 1.82) is 0 Å². The van der Waals surface area contributed by atoms with Crippen molar-refractivity contribution < 1.29 is 9.84 Å². The molecule has 17 heavy (non-hydrogen) atoms. The minimum Gasteiger partial charge on any atom is -0.496 e. The van der Waals surface area contributed by atoms with Crippen molar-refractivity contribution in [2.45, 2.75) is 25.5 Å². The van der Waals surface area contributed by atoms with Crippen molar-refractivity contribution in [1.82, 2.24) is 5.32 Å². The Bertz CT molecular complexity index is 380. The fraction of sp³-hybridized carbons (Fsp3) is 0.538. The van der Waals surface area contributed by atoms with Crippen LogP contribution in [0.4, 0.5) is 0 Å². The maximum absolute atomic E-state index is 9.73. The summed E-state index contributed by atoms with van der Waals surface area (Å²) in [7, 11) is 1.64. The number of aliphatic hydroxyl groups is 1. The first kappa shape index (κ1) is 12.7. The van der Waals surface area contributed by atoms with Crippen LogP contribution in [0.2, 0.25) is 5.02 Å². The van der Waals surface area contributed by atoms with Gasteiger partial charge in [0.1, 0.15) is 5.75 Å². The highest BCUT2D eigenvalue weighted by molar-refractivity contribution is 6.30. The summed E-state index contributed by atoms with van der Waals surface area (Å²) in [6.45, 7) is 1.29. The monoisotopic (exact) mass is 255 g/mol. The Hall–Kier alpha value is -0.770. The van der Waals surface area contributed by atoms with Crippen LogP contribution in [0, 0.1) is 5.92 Å². The highest BCUT2D eigenvalue weighted by atomic mass is 35.5. The lowest BCUT2D eigenvalue weighted by molar-refractivity contribution is 0.148. The van der Waals surface area contributed by atoms with E-state index < -0.39 is 0 Å². The Labute approximate surface area is 107 Å². The summed E-state index contributed by atoms with van der Waals surface area (Å²) < 4.78 is 5.26.